The van der Waals surface area contributed by atoms with Gasteiger partial charge in [0, 0.05) is 24.7 Å². The predicted octanol–water partition coefficient (Wildman–Crippen LogP) is 2.13. The minimum absolute atomic E-state index is 0.00213. The molecule has 2 rings (SSSR count). The fourth-order valence-electron chi connectivity index (χ4n) is 1.91. The first kappa shape index (κ1) is 13.6. The normalized spacial score (nSPS) is 10.6. The molecule has 0 saturated carbocycles. The Hall–Kier alpha value is -1.82. The molecule has 1 heterocycles. The van der Waals surface area contributed by atoms with E-state index in [4.69, 9.17) is 0 Å². The van der Waals surface area contributed by atoms with Crippen LogP contribution in [0.5, 0.6) is 0 Å². The quantitative estimate of drug-likeness (QED) is 0.903. The molecule has 0 spiro atoms. The van der Waals surface area contributed by atoms with Gasteiger partial charge in [0.05, 0.1) is 11.2 Å². The molecule has 100 valence electrons. The standard InChI is InChI=1S/C13H15N3O2S/c1-16(7-8-19-2)12-9-5-3-4-6-10(9)14-15-11(12)13(17)18/h3-6H,7-8H2,1-2H3,(H,17,18). The van der Waals surface area contributed by atoms with Crippen LogP contribution in [0.1, 0.15) is 10.5 Å². The maximum Gasteiger partial charge on any atom is 0.358 e. The van der Waals surface area contributed by atoms with Crippen molar-refractivity contribution in [1.29, 1.82) is 0 Å². The number of carboxylic acid groups (broad SMARTS) is 1. The van der Waals surface area contributed by atoms with E-state index < -0.39 is 5.97 Å². The molecule has 2 aromatic rings. The highest BCUT2D eigenvalue weighted by molar-refractivity contribution is 7.98. The van der Waals surface area contributed by atoms with Gasteiger partial charge in [0.1, 0.15) is 0 Å². The summed E-state index contributed by atoms with van der Waals surface area (Å²) >= 11 is 1.72. The second kappa shape index (κ2) is 5.88. The molecule has 0 radical (unpaired) electrons. The summed E-state index contributed by atoms with van der Waals surface area (Å²) in [7, 11) is 1.88. The molecule has 19 heavy (non-hydrogen) atoms. The molecule has 0 aliphatic rings. The second-order valence-electron chi connectivity index (χ2n) is 4.13. The number of benzene rings is 1. The molecule has 0 amide bonds. The lowest BCUT2D eigenvalue weighted by molar-refractivity contribution is 0.0690. The van der Waals surface area contributed by atoms with E-state index in [0.717, 1.165) is 17.7 Å². The van der Waals surface area contributed by atoms with Gasteiger partial charge in [0.15, 0.2) is 5.69 Å². The summed E-state index contributed by atoms with van der Waals surface area (Å²) in [6.45, 7) is 0.761. The van der Waals surface area contributed by atoms with Gasteiger partial charge in [-0.05, 0) is 12.3 Å². The Morgan fingerprint density at radius 1 is 1.37 bits per heavy atom. The van der Waals surface area contributed by atoms with Gasteiger partial charge in [-0.1, -0.05) is 18.2 Å². The van der Waals surface area contributed by atoms with Crippen LogP contribution in [0.3, 0.4) is 0 Å². The van der Waals surface area contributed by atoms with Gasteiger partial charge in [-0.15, -0.1) is 10.2 Å². The average Bonchev–Trinajstić information content (AvgIpc) is 2.43. The topological polar surface area (TPSA) is 66.3 Å². The molecule has 0 aliphatic carbocycles. The molecule has 0 bridgehead atoms. The van der Waals surface area contributed by atoms with Gasteiger partial charge in [-0.2, -0.15) is 11.8 Å². The van der Waals surface area contributed by atoms with Crippen molar-refractivity contribution < 1.29 is 9.90 Å². The Morgan fingerprint density at radius 2 is 2.11 bits per heavy atom. The van der Waals surface area contributed by atoms with Crippen LogP contribution in [0.25, 0.3) is 10.9 Å². The number of thioether (sulfide) groups is 1. The number of aromatic carboxylic acids is 1. The number of hydrogen-bond donors (Lipinski definition) is 1. The van der Waals surface area contributed by atoms with Crippen molar-refractivity contribution in [3.8, 4) is 0 Å². The van der Waals surface area contributed by atoms with Gasteiger partial charge in [0.2, 0.25) is 0 Å². The third-order valence-electron chi connectivity index (χ3n) is 2.86. The van der Waals surface area contributed by atoms with E-state index in [1.54, 1.807) is 11.8 Å². The summed E-state index contributed by atoms with van der Waals surface area (Å²) in [6.07, 6.45) is 2.02. The minimum Gasteiger partial charge on any atom is -0.476 e. The number of carboxylic acids is 1. The molecular weight excluding hydrogens is 262 g/mol. The molecule has 0 unspecified atom stereocenters. The Morgan fingerprint density at radius 3 is 2.79 bits per heavy atom. The van der Waals surface area contributed by atoms with Crippen LogP contribution in [-0.2, 0) is 0 Å². The van der Waals surface area contributed by atoms with E-state index in [1.165, 1.54) is 0 Å². The van der Waals surface area contributed by atoms with Crippen LogP contribution in [0.4, 0.5) is 5.69 Å². The zero-order chi connectivity index (χ0) is 13.8. The highest BCUT2D eigenvalue weighted by Crippen LogP contribution is 2.27. The van der Waals surface area contributed by atoms with Gasteiger partial charge >= 0.3 is 5.97 Å². The van der Waals surface area contributed by atoms with Crippen molar-refractivity contribution in [3.63, 3.8) is 0 Å². The molecule has 6 heteroatoms. The fourth-order valence-corrected chi connectivity index (χ4v) is 2.37. The number of fused-ring (bicyclic) bond motifs is 1. The maximum absolute atomic E-state index is 11.3. The number of carbonyl (C=O) groups is 1. The van der Waals surface area contributed by atoms with Crippen molar-refractivity contribution >= 4 is 34.3 Å². The Labute approximate surface area is 115 Å². The molecule has 5 nitrogen and oxygen atoms in total. The molecule has 0 atom stereocenters. The summed E-state index contributed by atoms with van der Waals surface area (Å²) in [5.74, 6) is -0.129. The van der Waals surface area contributed by atoms with E-state index in [-0.39, 0.29) is 5.69 Å². The van der Waals surface area contributed by atoms with Crippen LogP contribution in [0.15, 0.2) is 24.3 Å². The monoisotopic (exact) mass is 277 g/mol. The lowest BCUT2D eigenvalue weighted by Crippen LogP contribution is -2.24. The van der Waals surface area contributed by atoms with Crippen LogP contribution in [0.2, 0.25) is 0 Å². The molecule has 1 aromatic heterocycles. The zero-order valence-corrected chi connectivity index (χ0v) is 11.6. The maximum atomic E-state index is 11.3. The largest absolute Gasteiger partial charge is 0.476 e. The first-order valence-electron chi connectivity index (χ1n) is 5.84. The van der Waals surface area contributed by atoms with E-state index in [2.05, 4.69) is 10.2 Å². The first-order valence-corrected chi connectivity index (χ1v) is 7.23. The summed E-state index contributed by atoms with van der Waals surface area (Å²) in [5, 5.41) is 17.9. The van der Waals surface area contributed by atoms with Gasteiger partial charge < -0.3 is 10.0 Å². The molecule has 0 aliphatic heterocycles. The Balaban J connectivity index is 2.58. The number of aromatic nitrogens is 2. The third kappa shape index (κ3) is 2.78. The predicted molar refractivity (Wildman–Crippen MR) is 78.1 cm³/mol. The average molecular weight is 277 g/mol. The molecule has 0 saturated heterocycles. The van der Waals surface area contributed by atoms with Crippen molar-refractivity contribution in [2.75, 3.05) is 30.5 Å². The lowest BCUT2D eigenvalue weighted by Gasteiger charge is -2.21. The Kier molecular flexibility index (Phi) is 4.21. The summed E-state index contributed by atoms with van der Waals surface area (Å²) in [4.78, 5) is 13.2. The number of hydrogen-bond acceptors (Lipinski definition) is 5. The fraction of sp³-hybridized carbons (Fsp3) is 0.308. The lowest BCUT2D eigenvalue weighted by atomic mass is 10.1. The van der Waals surface area contributed by atoms with Crippen molar-refractivity contribution in [2.45, 2.75) is 0 Å². The van der Waals surface area contributed by atoms with Gasteiger partial charge in [-0.25, -0.2) is 4.79 Å². The molecule has 0 fully saturated rings. The zero-order valence-electron chi connectivity index (χ0n) is 10.8. The highest BCUT2D eigenvalue weighted by atomic mass is 32.2. The van der Waals surface area contributed by atoms with E-state index in [9.17, 15) is 9.90 Å². The van der Waals surface area contributed by atoms with Gasteiger partial charge in [-0.3, -0.25) is 0 Å². The number of anilines is 1. The van der Waals surface area contributed by atoms with Crippen LogP contribution in [-0.4, -0.2) is 46.9 Å². The molecule has 1 aromatic carbocycles. The SMILES string of the molecule is CSCCN(C)c1c(C(=O)O)nnc2ccccc12. The third-order valence-corrected chi connectivity index (χ3v) is 3.45. The molecular formula is C13H15N3O2S. The van der Waals surface area contributed by atoms with Gasteiger partial charge in [0.25, 0.3) is 0 Å². The van der Waals surface area contributed by atoms with Crippen molar-refractivity contribution in [2.24, 2.45) is 0 Å². The van der Waals surface area contributed by atoms with Crippen molar-refractivity contribution in [3.05, 3.63) is 30.0 Å². The number of rotatable bonds is 5. The van der Waals surface area contributed by atoms with E-state index in [1.807, 2.05) is 42.5 Å². The minimum atomic E-state index is -1.05. The van der Waals surface area contributed by atoms with E-state index >= 15 is 0 Å². The number of nitrogens with zero attached hydrogens (tertiary/aromatic N) is 3. The van der Waals surface area contributed by atoms with Crippen LogP contribution < -0.4 is 4.90 Å². The first-order chi connectivity index (χ1) is 9.15. The highest BCUT2D eigenvalue weighted by Gasteiger charge is 2.19. The smallest absolute Gasteiger partial charge is 0.358 e. The van der Waals surface area contributed by atoms with Crippen LogP contribution in [0, 0.1) is 0 Å². The second-order valence-corrected chi connectivity index (χ2v) is 5.12. The molecule has 1 N–H and O–H groups in total. The summed E-state index contributed by atoms with van der Waals surface area (Å²) in [5.41, 5.74) is 1.34. The van der Waals surface area contributed by atoms with Crippen molar-refractivity contribution in [1.82, 2.24) is 10.2 Å². The Bertz CT molecular complexity index is 603. The summed E-state index contributed by atoms with van der Waals surface area (Å²) < 4.78 is 0. The van der Waals surface area contributed by atoms with Crippen LogP contribution >= 0.6 is 11.8 Å². The van der Waals surface area contributed by atoms with E-state index in [0.29, 0.717) is 11.2 Å². The summed E-state index contributed by atoms with van der Waals surface area (Å²) in [6, 6.07) is 7.45.